The lowest BCUT2D eigenvalue weighted by Crippen LogP contribution is -2.46. The summed E-state index contributed by atoms with van der Waals surface area (Å²) in [6.07, 6.45) is 1.71. The molecule has 1 aliphatic heterocycles. The molecule has 10 heteroatoms. The number of hydrogen-bond donors (Lipinski definition) is 1. The molecule has 39 heavy (non-hydrogen) atoms. The van der Waals surface area contributed by atoms with Crippen LogP contribution in [0.4, 0.5) is 4.39 Å². The molecule has 1 aromatic heterocycles. The zero-order chi connectivity index (χ0) is 27.2. The highest BCUT2D eigenvalue weighted by molar-refractivity contribution is 5.89. The smallest absolute Gasteiger partial charge is 0.247 e. The van der Waals surface area contributed by atoms with Crippen LogP contribution in [0.25, 0.3) is 11.0 Å². The summed E-state index contributed by atoms with van der Waals surface area (Å²) in [5, 5.41) is 11.3. The lowest BCUT2D eigenvalue weighted by atomic mass is 10.0. The summed E-state index contributed by atoms with van der Waals surface area (Å²) in [4.78, 5) is 29.3. The first-order chi connectivity index (χ1) is 19.0. The Labute approximate surface area is 225 Å². The first kappa shape index (κ1) is 26.3. The molecule has 9 nitrogen and oxygen atoms in total. The van der Waals surface area contributed by atoms with E-state index in [1.807, 2.05) is 42.5 Å². The van der Waals surface area contributed by atoms with Gasteiger partial charge in [-0.25, -0.2) is 9.07 Å². The van der Waals surface area contributed by atoms with Crippen molar-refractivity contribution < 1.29 is 23.5 Å². The van der Waals surface area contributed by atoms with Gasteiger partial charge in [0, 0.05) is 18.7 Å². The number of nitrogens with zero attached hydrogens (tertiary/aromatic N) is 4. The predicted molar refractivity (Wildman–Crippen MR) is 142 cm³/mol. The Balaban J connectivity index is 1.51. The highest BCUT2D eigenvalue weighted by Gasteiger charge is 2.33. The molecule has 1 aliphatic rings. The number of halogens is 1. The van der Waals surface area contributed by atoms with E-state index >= 15 is 0 Å². The van der Waals surface area contributed by atoms with Crippen LogP contribution >= 0.6 is 0 Å². The van der Waals surface area contributed by atoms with Gasteiger partial charge in [0.15, 0.2) is 0 Å². The molecule has 4 aromatic rings. The molecular weight excluding hydrogens is 501 g/mol. The van der Waals surface area contributed by atoms with Crippen LogP contribution < -0.4 is 10.1 Å². The van der Waals surface area contributed by atoms with Gasteiger partial charge in [0.1, 0.15) is 29.7 Å². The summed E-state index contributed by atoms with van der Waals surface area (Å²) in [7, 11) is 1.55. The molecule has 202 valence electrons. The van der Waals surface area contributed by atoms with Gasteiger partial charge in [-0.05, 0) is 48.7 Å². The summed E-state index contributed by atoms with van der Waals surface area (Å²) < 4.78 is 26.6. The number of amides is 2. The molecule has 1 fully saturated rings. The van der Waals surface area contributed by atoms with Gasteiger partial charge in [-0.3, -0.25) is 9.59 Å². The van der Waals surface area contributed by atoms with Crippen molar-refractivity contribution >= 4 is 22.8 Å². The quantitative estimate of drug-likeness (QED) is 0.336. The van der Waals surface area contributed by atoms with Gasteiger partial charge in [-0.2, -0.15) is 0 Å². The summed E-state index contributed by atoms with van der Waals surface area (Å²) in [6.45, 7) is 0.907. The highest BCUT2D eigenvalue weighted by atomic mass is 19.1. The molecule has 0 unspecified atom stereocenters. The van der Waals surface area contributed by atoms with E-state index in [2.05, 4.69) is 15.6 Å². The molecule has 0 saturated carbocycles. The van der Waals surface area contributed by atoms with Gasteiger partial charge < -0.3 is 19.7 Å². The van der Waals surface area contributed by atoms with Crippen LogP contribution in [0.5, 0.6) is 5.75 Å². The third-order valence-electron chi connectivity index (χ3n) is 6.83. The number of hydrogen-bond acceptors (Lipinski definition) is 6. The number of rotatable bonds is 10. The fraction of sp³-hybridized carbons (Fsp3) is 0.310. The topological polar surface area (TPSA) is 98.6 Å². The number of benzene rings is 3. The minimum Gasteiger partial charge on any atom is -0.496 e. The molecule has 1 N–H and O–H groups in total. The van der Waals surface area contributed by atoms with Gasteiger partial charge in [-0.1, -0.05) is 47.7 Å². The SMILES string of the molecule is COc1ccccc1CN(C(=O)Cn1nnc2ccccc21)[C@H](C(=O)NC[C@H]1CCCO1)c1ccc(F)cc1. The van der Waals surface area contributed by atoms with E-state index in [0.717, 1.165) is 18.4 Å². The van der Waals surface area contributed by atoms with E-state index in [0.29, 0.717) is 35.5 Å². The van der Waals surface area contributed by atoms with Gasteiger partial charge >= 0.3 is 0 Å². The number of methoxy groups -OCH3 is 1. The summed E-state index contributed by atoms with van der Waals surface area (Å²) in [6, 6.07) is 19.2. The Kier molecular flexibility index (Phi) is 8.12. The van der Waals surface area contributed by atoms with Crippen LogP contribution in [0.15, 0.2) is 72.8 Å². The van der Waals surface area contributed by atoms with E-state index in [9.17, 15) is 14.0 Å². The van der Waals surface area contributed by atoms with Crippen molar-refractivity contribution in [3.63, 3.8) is 0 Å². The van der Waals surface area contributed by atoms with Crippen molar-refractivity contribution in [1.29, 1.82) is 0 Å². The summed E-state index contributed by atoms with van der Waals surface area (Å²) in [5.74, 6) is -0.602. The van der Waals surface area contributed by atoms with Crippen LogP contribution in [0, 0.1) is 5.82 Å². The maximum atomic E-state index is 14.0. The van der Waals surface area contributed by atoms with Crippen molar-refractivity contribution in [3.8, 4) is 5.75 Å². The van der Waals surface area contributed by atoms with Crippen LogP contribution in [-0.4, -0.2) is 58.1 Å². The van der Waals surface area contributed by atoms with Crippen LogP contribution in [0.1, 0.15) is 30.0 Å². The zero-order valence-electron chi connectivity index (χ0n) is 21.6. The standard InChI is InChI=1S/C29H30FN5O4/c1-38-26-11-5-2-7-21(26)18-34(27(36)19-35-25-10-4-3-9-24(25)32-33-35)28(20-12-14-22(30)15-13-20)29(37)31-17-23-8-6-16-39-23/h2-5,7,9-15,23,28H,6,8,16-19H2,1H3,(H,31,37)/t23-,28+/m1/s1. The summed E-state index contributed by atoms with van der Waals surface area (Å²) >= 11 is 0. The number of aromatic nitrogens is 3. The normalized spacial score (nSPS) is 15.7. The molecule has 0 bridgehead atoms. The number of para-hydroxylation sites is 2. The Hall–Kier alpha value is -4.31. The Morgan fingerprint density at radius 2 is 1.90 bits per heavy atom. The lowest BCUT2D eigenvalue weighted by molar-refractivity contribution is -0.142. The monoisotopic (exact) mass is 531 g/mol. The third-order valence-corrected chi connectivity index (χ3v) is 6.83. The fourth-order valence-corrected chi connectivity index (χ4v) is 4.83. The molecular formula is C29H30FN5O4. The van der Waals surface area contributed by atoms with Gasteiger partial charge in [0.25, 0.3) is 0 Å². The molecule has 2 amide bonds. The van der Waals surface area contributed by atoms with E-state index in [1.54, 1.807) is 13.2 Å². The minimum absolute atomic E-state index is 0.0743. The Morgan fingerprint density at radius 3 is 2.67 bits per heavy atom. The average Bonchev–Trinajstić information content (AvgIpc) is 3.63. The largest absolute Gasteiger partial charge is 0.496 e. The number of ether oxygens (including phenoxy) is 2. The molecule has 0 radical (unpaired) electrons. The predicted octanol–water partition coefficient (Wildman–Crippen LogP) is 3.64. The van der Waals surface area contributed by atoms with Gasteiger partial charge in [0.2, 0.25) is 11.8 Å². The molecule has 0 aliphatic carbocycles. The molecule has 2 atom stereocenters. The van der Waals surface area contributed by atoms with Crippen molar-refractivity contribution in [2.45, 2.75) is 38.1 Å². The maximum absolute atomic E-state index is 14.0. The number of carbonyl (C=O) groups excluding carboxylic acids is 2. The molecule has 0 spiro atoms. The molecule has 2 heterocycles. The first-order valence-corrected chi connectivity index (χ1v) is 12.9. The lowest BCUT2D eigenvalue weighted by Gasteiger charge is -2.32. The maximum Gasteiger partial charge on any atom is 0.247 e. The first-order valence-electron chi connectivity index (χ1n) is 12.9. The second-order valence-corrected chi connectivity index (χ2v) is 9.40. The average molecular weight is 532 g/mol. The van der Waals surface area contributed by atoms with E-state index < -0.39 is 11.9 Å². The van der Waals surface area contributed by atoms with Gasteiger partial charge in [-0.15, -0.1) is 5.10 Å². The minimum atomic E-state index is -1.04. The molecule has 3 aromatic carbocycles. The molecule has 1 saturated heterocycles. The van der Waals surface area contributed by atoms with Crippen molar-refractivity contribution in [2.24, 2.45) is 0 Å². The van der Waals surface area contributed by atoms with Crippen molar-refractivity contribution in [2.75, 3.05) is 20.3 Å². The van der Waals surface area contributed by atoms with Crippen LogP contribution in [0.3, 0.4) is 0 Å². The Morgan fingerprint density at radius 1 is 1.13 bits per heavy atom. The van der Waals surface area contributed by atoms with E-state index in [-0.39, 0.29) is 31.0 Å². The number of nitrogens with one attached hydrogen (secondary N) is 1. The van der Waals surface area contributed by atoms with Crippen molar-refractivity contribution in [1.82, 2.24) is 25.2 Å². The second-order valence-electron chi connectivity index (χ2n) is 9.40. The van der Waals surface area contributed by atoms with Gasteiger partial charge in [0.05, 0.1) is 25.3 Å². The third kappa shape index (κ3) is 6.06. The summed E-state index contributed by atoms with van der Waals surface area (Å²) in [5.41, 5.74) is 2.55. The second kappa shape index (κ2) is 12.0. The Bertz CT molecular complexity index is 1440. The number of fused-ring (bicyclic) bond motifs is 1. The molecule has 5 rings (SSSR count). The fourth-order valence-electron chi connectivity index (χ4n) is 4.83. The highest BCUT2D eigenvalue weighted by Crippen LogP contribution is 2.28. The zero-order valence-corrected chi connectivity index (χ0v) is 21.6. The van der Waals surface area contributed by atoms with E-state index in [4.69, 9.17) is 9.47 Å². The number of carbonyl (C=O) groups is 2. The van der Waals surface area contributed by atoms with Crippen LogP contribution in [-0.2, 0) is 27.4 Å². The van der Waals surface area contributed by atoms with Crippen LogP contribution in [0.2, 0.25) is 0 Å². The van der Waals surface area contributed by atoms with Crippen molar-refractivity contribution in [3.05, 3.63) is 89.7 Å². The van der Waals surface area contributed by atoms with E-state index in [1.165, 1.54) is 33.8 Å².